The van der Waals surface area contributed by atoms with Crippen LogP contribution in [0.1, 0.15) is 11.1 Å². The Hall–Kier alpha value is -1.14. The molecule has 0 fully saturated rings. The third-order valence-corrected chi connectivity index (χ3v) is 2.80. The second-order valence-electron chi connectivity index (χ2n) is 4.07. The summed E-state index contributed by atoms with van der Waals surface area (Å²) >= 11 is 0. The number of aliphatic hydroxyl groups is 2. The minimum atomic E-state index is 0.0832. The van der Waals surface area contributed by atoms with Crippen molar-refractivity contribution in [2.75, 3.05) is 33.4 Å². The fourth-order valence-electron chi connectivity index (χ4n) is 1.90. The molecule has 5 heteroatoms. The molecule has 0 saturated carbocycles. The molecule has 1 aromatic rings. The van der Waals surface area contributed by atoms with E-state index < -0.39 is 0 Å². The first-order valence-electron chi connectivity index (χ1n) is 6.05. The average molecular weight is 254 g/mol. The topological polar surface area (TPSA) is 79.0 Å². The molecule has 1 aromatic carbocycles. The largest absolute Gasteiger partial charge is 0.496 e. The van der Waals surface area contributed by atoms with Gasteiger partial charge in [0.2, 0.25) is 0 Å². The predicted octanol–water partition coefficient (Wildman–Crippen LogP) is -0.0595. The Bertz CT molecular complexity index is 352. The van der Waals surface area contributed by atoms with E-state index in [9.17, 15) is 0 Å². The lowest BCUT2D eigenvalue weighted by molar-refractivity contribution is 0.156. The van der Waals surface area contributed by atoms with Crippen LogP contribution in [0, 0.1) is 0 Å². The molecule has 0 aliphatic carbocycles. The Labute approximate surface area is 108 Å². The smallest absolute Gasteiger partial charge is 0.123 e. The van der Waals surface area contributed by atoms with E-state index in [0.29, 0.717) is 26.2 Å². The molecule has 102 valence electrons. The van der Waals surface area contributed by atoms with Crippen LogP contribution in [0.5, 0.6) is 5.75 Å². The maximum Gasteiger partial charge on any atom is 0.123 e. The van der Waals surface area contributed by atoms with E-state index in [4.69, 9.17) is 20.7 Å². The van der Waals surface area contributed by atoms with Crippen molar-refractivity contribution in [2.24, 2.45) is 5.73 Å². The number of nitrogens with two attached hydrogens (primary N) is 1. The molecule has 4 N–H and O–H groups in total. The van der Waals surface area contributed by atoms with E-state index in [1.807, 2.05) is 23.1 Å². The molecule has 0 aliphatic rings. The van der Waals surface area contributed by atoms with Gasteiger partial charge in [0.05, 0.1) is 20.3 Å². The Balaban J connectivity index is 2.76. The molecule has 0 bridgehead atoms. The van der Waals surface area contributed by atoms with Crippen LogP contribution in [0.2, 0.25) is 0 Å². The fourth-order valence-corrected chi connectivity index (χ4v) is 1.90. The van der Waals surface area contributed by atoms with Crippen molar-refractivity contribution in [1.29, 1.82) is 0 Å². The number of ether oxygens (including phenoxy) is 1. The van der Waals surface area contributed by atoms with E-state index in [1.165, 1.54) is 0 Å². The first kappa shape index (κ1) is 14.9. The van der Waals surface area contributed by atoms with Crippen molar-refractivity contribution in [1.82, 2.24) is 4.90 Å². The molecule has 1 rings (SSSR count). The molecule has 0 atom stereocenters. The highest BCUT2D eigenvalue weighted by Gasteiger charge is 2.07. The molecule has 18 heavy (non-hydrogen) atoms. The van der Waals surface area contributed by atoms with E-state index in [-0.39, 0.29) is 13.2 Å². The summed E-state index contributed by atoms with van der Waals surface area (Å²) in [4.78, 5) is 1.99. The summed E-state index contributed by atoms with van der Waals surface area (Å²) in [6.07, 6.45) is 0. The number of rotatable bonds is 8. The van der Waals surface area contributed by atoms with Gasteiger partial charge in [0.1, 0.15) is 5.75 Å². The standard InChI is InChI=1S/C13H22N2O3/c1-18-13-3-2-11(8-12(13)9-14)10-15(4-6-16)5-7-17/h2-3,8,16-17H,4-7,9-10,14H2,1H3. The predicted molar refractivity (Wildman–Crippen MR) is 70.3 cm³/mol. The quantitative estimate of drug-likeness (QED) is 0.606. The van der Waals surface area contributed by atoms with Gasteiger partial charge in [-0.1, -0.05) is 6.07 Å². The molecule has 0 unspecified atom stereocenters. The number of methoxy groups -OCH3 is 1. The summed E-state index contributed by atoms with van der Waals surface area (Å²) in [6.45, 7) is 2.37. The van der Waals surface area contributed by atoms with Crippen LogP contribution in [0.4, 0.5) is 0 Å². The van der Waals surface area contributed by atoms with Crippen LogP contribution in [0.25, 0.3) is 0 Å². The van der Waals surface area contributed by atoms with Gasteiger partial charge in [-0.15, -0.1) is 0 Å². The van der Waals surface area contributed by atoms with E-state index in [0.717, 1.165) is 16.9 Å². The van der Waals surface area contributed by atoms with E-state index in [2.05, 4.69) is 0 Å². The SMILES string of the molecule is COc1ccc(CN(CCO)CCO)cc1CN. The molecule has 0 aliphatic heterocycles. The summed E-state index contributed by atoms with van der Waals surface area (Å²) in [5, 5.41) is 17.9. The van der Waals surface area contributed by atoms with Gasteiger partial charge in [0.25, 0.3) is 0 Å². The zero-order valence-corrected chi connectivity index (χ0v) is 10.8. The Morgan fingerprint density at radius 1 is 1.22 bits per heavy atom. The highest BCUT2D eigenvalue weighted by molar-refractivity contribution is 5.37. The summed E-state index contributed by atoms with van der Waals surface area (Å²) in [6, 6.07) is 5.87. The molecule has 5 nitrogen and oxygen atoms in total. The third-order valence-electron chi connectivity index (χ3n) is 2.80. The molecule has 0 aromatic heterocycles. The normalized spacial score (nSPS) is 10.9. The van der Waals surface area contributed by atoms with Gasteiger partial charge in [-0.2, -0.15) is 0 Å². The van der Waals surface area contributed by atoms with Gasteiger partial charge in [-0.3, -0.25) is 4.90 Å². The third kappa shape index (κ3) is 4.27. The summed E-state index contributed by atoms with van der Waals surface area (Å²) in [5.74, 6) is 0.789. The van der Waals surface area contributed by atoms with Crippen LogP contribution >= 0.6 is 0 Å². The molecular formula is C13H22N2O3. The highest BCUT2D eigenvalue weighted by Crippen LogP contribution is 2.20. The maximum absolute atomic E-state index is 8.96. The highest BCUT2D eigenvalue weighted by atomic mass is 16.5. The van der Waals surface area contributed by atoms with Crippen LogP contribution in [-0.2, 0) is 13.1 Å². The van der Waals surface area contributed by atoms with Crippen molar-refractivity contribution >= 4 is 0 Å². The zero-order chi connectivity index (χ0) is 13.4. The molecule has 0 heterocycles. The molecule has 0 radical (unpaired) electrons. The second-order valence-corrected chi connectivity index (χ2v) is 4.07. The second kappa shape index (κ2) is 8.05. The fraction of sp³-hybridized carbons (Fsp3) is 0.538. The van der Waals surface area contributed by atoms with Gasteiger partial charge < -0.3 is 20.7 Å². The first-order valence-corrected chi connectivity index (χ1v) is 6.05. The number of hydrogen-bond donors (Lipinski definition) is 3. The Kier molecular flexibility index (Phi) is 6.67. The number of nitrogens with zero attached hydrogens (tertiary/aromatic N) is 1. The zero-order valence-electron chi connectivity index (χ0n) is 10.8. The van der Waals surface area contributed by atoms with E-state index >= 15 is 0 Å². The van der Waals surface area contributed by atoms with Crippen molar-refractivity contribution < 1.29 is 14.9 Å². The average Bonchev–Trinajstić information content (AvgIpc) is 2.39. The van der Waals surface area contributed by atoms with Gasteiger partial charge in [0, 0.05) is 31.7 Å². The lowest BCUT2D eigenvalue weighted by Crippen LogP contribution is -2.29. The minimum Gasteiger partial charge on any atom is -0.496 e. The van der Waals surface area contributed by atoms with Gasteiger partial charge >= 0.3 is 0 Å². The summed E-state index contributed by atoms with van der Waals surface area (Å²) < 4.78 is 5.22. The summed E-state index contributed by atoms with van der Waals surface area (Å²) in [5.41, 5.74) is 7.73. The Morgan fingerprint density at radius 3 is 2.39 bits per heavy atom. The van der Waals surface area contributed by atoms with Crippen molar-refractivity contribution in [3.8, 4) is 5.75 Å². The number of aliphatic hydroxyl groups excluding tert-OH is 2. The monoisotopic (exact) mass is 254 g/mol. The molecule has 0 spiro atoms. The van der Waals surface area contributed by atoms with Crippen molar-refractivity contribution in [3.63, 3.8) is 0 Å². The summed E-state index contributed by atoms with van der Waals surface area (Å²) in [7, 11) is 1.62. The lowest BCUT2D eigenvalue weighted by Gasteiger charge is -2.20. The maximum atomic E-state index is 8.96. The van der Waals surface area contributed by atoms with Gasteiger partial charge in [-0.05, 0) is 17.7 Å². The van der Waals surface area contributed by atoms with Gasteiger partial charge in [0.15, 0.2) is 0 Å². The molecule has 0 amide bonds. The molecule has 0 saturated heterocycles. The number of hydrogen-bond acceptors (Lipinski definition) is 5. The first-order chi connectivity index (χ1) is 8.74. The van der Waals surface area contributed by atoms with Crippen molar-refractivity contribution in [3.05, 3.63) is 29.3 Å². The minimum absolute atomic E-state index is 0.0832. The Morgan fingerprint density at radius 2 is 1.89 bits per heavy atom. The van der Waals surface area contributed by atoms with Gasteiger partial charge in [-0.25, -0.2) is 0 Å². The molecular weight excluding hydrogens is 232 g/mol. The number of benzene rings is 1. The lowest BCUT2D eigenvalue weighted by atomic mass is 10.1. The van der Waals surface area contributed by atoms with Crippen molar-refractivity contribution in [2.45, 2.75) is 13.1 Å². The van der Waals surface area contributed by atoms with Crippen LogP contribution in [0.3, 0.4) is 0 Å². The van der Waals surface area contributed by atoms with Crippen LogP contribution in [0.15, 0.2) is 18.2 Å². The van der Waals surface area contributed by atoms with Crippen LogP contribution < -0.4 is 10.5 Å². The van der Waals surface area contributed by atoms with E-state index in [1.54, 1.807) is 7.11 Å². The van der Waals surface area contributed by atoms with Crippen LogP contribution in [-0.4, -0.2) is 48.5 Å².